The second-order valence-corrected chi connectivity index (χ2v) is 8.46. The molecule has 5 nitrogen and oxygen atoms in total. The number of hydrogen-bond acceptors (Lipinski definition) is 3. The van der Waals surface area contributed by atoms with Gasteiger partial charge in [0.1, 0.15) is 0 Å². The molecular weight excluding hydrogens is 372 g/mol. The SMILES string of the molecule is Cc1ccc(C)c(C(C)NC(=O)CCNS(=O)(=O)c2cccc(Cl)c2)c1. The van der Waals surface area contributed by atoms with Crippen LogP contribution in [0.4, 0.5) is 0 Å². The first kappa shape index (κ1) is 20.4. The largest absolute Gasteiger partial charge is 0.350 e. The van der Waals surface area contributed by atoms with E-state index in [2.05, 4.69) is 10.0 Å². The number of halogens is 1. The number of benzene rings is 2. The second kappa shape index (κ2) is 8.66. The first-order valence-corrected chi connectivity index (χ1v) is 10.2. The van der Waals surface area contributed by atoms with Crippen LogP contribution in [0.2, 0.25) is 5.02 Å². The monoisotopic (exact) mass is 394 g/mol. The van der Waals surface area contributed by atoms with Crippen molar-refractivity contribution in [2.45, 2.75) is 38.1 Å². The van der Waals surface area contributed by atoms with Crippen LogP contribution in [0.25, 0.3) is 0 Å². The molecule has 2 N–H and O–H groups in total. The van der Waals surface area contributed by atoms with E-state index in [1.165, 1.54) is 12.1 Å². The molecule has 0 heterocycles. The molecule has 0 fully saturated rings. The maximum Gasteiger partial charge on any atom is 0.240 e. The first-order valence-electron chi connectivity index (χ1n) is 8.31. The highest BCUT2D eigenvalue weighted by Crippen LogP contribution is 2.19. The fraction of sp³-hybridized carbons (Fsp3) is 0.316. The summed E-state index contributed by atoms with van der Waals surface area (Å²) < 4.78 is 26.8. The highest BCUT2D eigenvalue weighted by Gasteiger charge is 2.16. The van der Waals surface area contributed by atoms with E-state index in [4.69, 9.17) is 11.6 Å². The number of amides is 1. The van der Waals surface area contributed by atoms with E-state index in [0.29, 0.717) is 5.02 Å². The number of nitrogens with one attached hydrogen (secondary N) is 2. The Labute approximate surface area is 159 Å². The zero-order valence-electron chi connectivity index (χ0n) is 15.0. The van der Waals surface area contributed by atoms with Gasteiger partial charge >= 0.3 is 0 Å². The fourth-order valence-corrected chi connectivity index (χ4v) is 3.97. The van der Waals surface area contributed by atoms with Crippen molar-refractivity contribution in [3.63, 3.8) is 0 Å². The van der Waals surface area contributed by atoms with Crippen LogP contribution in [-0.4, -0.2) is 20.9 Å². The van der Waals surface area contributed by atoms with E-state index in [1.807, 2.05) is 39.0 Å². The predicted octanol–water partition coefficient (Wildman–Crippen LogP) is 3.50. The van der Waals surface area contributed by atoms with E-state index in [1.54, 1.807) is 12.1 Å². The number of rotatable bonds is 7. The Bertz CT molecular complexity index is 897. The maximum absolute atomic E-state index is 12.2. The molecule has 0 aromatic heterocycles. The lowest BCUT2D eigenvalue weighted by Gasteiger charge is -2.17. The summed E-state index contributed by atoms with van der Waals surface area (Å²) in [6.07, 6.45) is 0.0506. The topological polar surface area (TPSA) is 75.3 Å². The molecule has 0 saturated carbocycles. The van der Waals surface area contributed by atoms with Crippen LogP contribution in [0.5, 0.6) is 0 Å². The molecule has 0 saturated heterocycles. The zero-order valence-corrected chi connectivity index (χ0v) is 16.6. The van der Waals surface area contributed by atoms with Crippen molar-refractivity contribution in [3.8, 4) is 0 Å². The first-order chi connectivity index (χ1) is 12.2. The Morgan fingerprint density at radius 2 is 1.88 bits per heavy atom. The summed E-state index contributed by atoms with van der Waals surface area (Å²) in [6.45, 7) is 5.93. The van der Waals surface area contributed by atoms with Gasteiger partial charge in [-0.05, 0) is 50.1 Å². The molecule has 2 rings (SSSR count). The third kappa shape index (κ3) is 5.56. The van der Waals surface area contributed by atoms with Gasteiger partial charge in [-0.3, -0.25) is 4.79 Å². The van der Waals surface area contributed by atoms with Crippen molar-refractivity contribution in [3.05, 3.63) is 64.2 Å². The van der Waals surface area contributed by atoms with Crippen molar-refractivity contribution in [1.82, 2.24) is 10.0 Å². The van der Waals surface area contributed by atoms with Crippen LogP contribution in [0.1, 0.15) is 36.1 Å². The van der Waals surface area contributed by atoms with Crippen molar-refractivity contribution in [1.29, 1.82) is 0 Å². The van der Waals surface area contributed by atoms with Gasteiger partial charge in [-0.1, -0.05) is 41.4 Å². The Hall–Kier alpha value is -1.89. The number of carbonyl (C=O) groups is 1. The molecule has 2 aromatic rings. The van der Waals surface area contributed by atoms with Gasteiger partial charge in [-0.25, -0.2) is 13.1 Å². The Balaban J connectivity index is 1.89. The third-order valence-electron chi connectivity index (χ3n) is 4.03. The van der Waals surface area contributed by atoms with E-state index in [9.17, 15) is 13.2 Å². The second-order valence-electron chi connectivity index (χ2n) is 6.25. The van der Waals surface area contributed by atoms with Crippen molar-refractivity contribution in [2.24, 2.45) is 0 Å². The lowest BCUT2D eigenvalue weighted by molar-refractivity contribution is -0.121. The number of carbonyl (C=O) groups excluding carboxylic acids is 1. The molecule has 2 aromatic carbocycles. The minimum absolute atomic E-state index is 0.0141. The molecule has 0 spiro atoms. The lowest BCUT2D eigenvalue weighted by Crippen LogP contribution is -2.32. The molecule has 1 unspecified atom stereocenters. The van der Waals surface area contributed by atoms with Gasteiger partial charge in [0.25, 0.3) is 0 Å². The summed E-state index contributed by atoms with van der Waals surface area (Å²) in [5.41, 5.74) is 3.28. The van der Waals surface area contributed by atoms with Crippen LogP contribution < -0.4 is 10.0 Å². The van der Waals surface area contributed by atoms with Gasteiger partial charge in [0.15, 0.2) is 0 Å². The van der Waals surface area contributed by atoms with E-state index in [-0.39, 0.29) is 29.8 Å². The predicted molar refractivity (Wildman–Crippen MR) is 104 cm³/mol. The Kier molecular flexibility index (Phi) is 6.81. The van der Waals surface area contributed by atoms with Gasteiger partial charge in [-0.15, -0.1) is 0 Å². The fourth-order valence-electron chi connectivity index (χ4n) is 2.63. The molecule has 0 radical (unpaired) electrons. The van der Waals surface area contributed by atoms with E-state index >= 15 is 0 Å². The molecule has 0 aliphatic rings. The number of hydrogen-bond donors (Lipinski definition) is 2. The van der Waals surface area contributed by atoms with E-state index < -0.39 is 10.0 Å². The summed E-state index contributed by atoms with van der Waals surface area (Å²) in [7, 11) is -3.69. The minimum atomic E-state index is -3.69. The number of sulfonamides is 1. The summed E-state index contributed by atoms with van der Waals surface area (Å²) in [4.78, 5) is 12.2. The summed E-state index contributed by atoms with van der Waals surface area (Å²) >= 11 is 5.82. The zero-order chi connectivity index (χ0) is 19.3. The Morgan fingerprint density at radius 1 is 1.15 bits per heavy atom. The van der Waals surface area contributed by atoms with Crippen LogP contribution in [-0.2, 0) is 14.8 Å². The van der Waals surface area contributed by atoms with Crippen LogP contribution in [0.15, 0.2) is 47.4 Å². The third-order valence-corrected chi connectivity index (χ3v) is 5.72. The van der Waals surface area contributed by atoms with Crippen LogP contribution in [0.3, 0.4) is 0 Å². The molecule has 26 heavy (non-hydrogen) atoms. The Morgan fingerprint density at radius 3 is 2.58 bits per heavy atom. The van der Waals surface area contributed by atoms with Crippen LogP contribution in [0, 0.1) is 13.8 Å². The van der Waals surface area contributed by atoms with Crippen LogP contribution >= 0.6 is 11.6 Å². The average molecular weight is 395 g/mol. The average Bonchev–Trinajstić information content (AvgIpc) is 2.56. The molecule has 0 bridgehead atoms. The smallest absolute Gasteiger partial charge is 0.240 e. The quantitative estimate of drug-likeness (QED) is 0.754. The molecule has 0 aliphatic heterocycles. The lowest BCUT2D eigenvalue weighted by atomic mass is 10.00. The molecule has 1 atom stereocenters. The minimum Gasteiger partial charge on any atom is -0.350 e. The molecule has 140 valence electrons. The van der Waals surface area contributed by atoms with Gasteiger partial charge in [0.2, 0.25) is 15.9 Å². The highest BCUT2D eigenvalue weighted by molar-refractivity contribution is 7.89. The van der Waals surface area contributed by atoms with Gasteiger partial charge in [0.05, 0.1) is 10.9 Å². The summed E-state index contributed by atoms with van der Waals surface area (Å²) in [6, 6.07) is 11.9. The molecular formula is C19H23ClN2O3S. The molecule has 1 amide bonds. The van der Waals surface area contributed by atoms with Crippen molar-refractivity contribution >= 4 is 27.5 Å². The molecule has 7 heteroatoms. The van der Waals surface area contributed by atoms with Gasteiger partial charge < -0.3 is 5.32 Å². The van der Waals surface area contributed by atoms with Crippen molar-refractivity contribution < 1.29 is 13.2 Å². The van der Waals surface area contributed by atoms with Crippen molar-refractivity contribution in [2.75, 3.05) is 6.54 Å². The highest BCUT2D eigenvalue weighted by atomic mass is 35.5. The summed E-state index contributed by atoms with van der Waals surface area (Å²) in [5.74, 6) is -0.216. The summed E-state index contributed by atoms with van der Waals surface area (Å²) in [5, 5.41) is 3.25. The maximum atomic E-state index is 12.2. The van der Waals surface area contributed by atoms with Gasteiger partial charge in [-0.2, -0.15) is 0 Å². The normalized spacial score (nSPS) is 12.6. The standard InChI is InChI=1S/C19H23ClN2O3S/c1-13-7-8-14(2)18(11-13)15(3)22-19(23)9-10-21-26(24,25)17-6-4-5-16(20)12-17/h4-8,11-12,15,21H,9-10H2,1-3H3,(H,22,23). The van der Waals surface area contributed by atoms with E-state index in [0.717, 1.165) is 16.7 Å². The molecule has 0 aliphatic carbocycles. The number of aryl methyl sites for hydroxylation is 2. The van der Waals surface area contributed by atoms with Gasteiger partial charge in [0, 0.05) is 18.0 Å².